The molecule has 6 heteroatoms. The fraction of sp³-hybridized carbons (Fsp3) is 0.615. The van der Waals surface area contributed by atoms with E-state index in [0.29, 0.717) is 18.1 Å². The molecule has 2 aromatic heterocycles. The maximum Gasteiger partial charge on any atom is 0.350 e. The maximum atomic E-state index is 12.1. The van der Waals surface area contributed by atoms with Gasteiger partial charge in [0.2, 0.25) is 0 Å². The van der Waals surface area contributed by atoms with Crippen LogP contribution in [0.15, 0.2) is 23.4 Å². The summed E-state index contributed by atoms with van der Waals surface area (Å²) >= 11 is 0. The molecule has 102 valence electrons. The van der Waals surface area contributed by atoms with E-state index in [0.717, 1.165) is 0 Å². The van der Waals surface area contributed by atoms with Gasteiger partial charge in [0.25, 0.3) is 0 Å². The molecule has 1 atom stereocenters. The van der Waals surface area contributed by atoms with Crippen molar-refractivity contribution < 1.29 is 0 Å². The Balaban J connectivity index is 1.81. The molecule has 1 aliphatic rings. The fourth-order valence-electron chi connectivity index (χ4n) is 2.91. The van der Waals surface area contributed by atoms with Crippen LogP contribution < -0.4 is 11.4 Å². The summed E-state index contributed by atoms with van der Waals surface area (Å²) in [5, 5.41) is 4.27. The van der Waals surface area contributed by atoms with Gasteiger partial charge in [-0.3, -0.25) is 4.98 Å². The molecule has 2 heterocycles. The van der Waals surface area contributed by atoms with Crippen molar-refractivity contribution in [3.63, 3.8) is 0 Å². The molecule has 0 bridgehead atoms. The summed E-state index contributed by atoms with van der Waals surface area (Å²) in [6, 6.07) is 0.0101. The van der Waals surface area contributed by atoms with Crippen LogP contribution in [0.2, 0.25) is 0 Å². The zero-order valence-corrected chi connectivity index (χ0v) is 10.9. The molecule has 0 saturated heterocycles. The maximum absolute atomic E-state index is 12.1. The minimum atomic E-state index is -0.136. The van der Waals surface area contributed by atoms with E-state index in [1.807, 2.05) is 0 Å². The number of rotatable bonds is 3. The van der Waals surface area contributed by atoms with Gasteiger partial charge in [-0.05, 0) is 18.8 Å². The summed E-state index contributed by atoms with van der Waals surface area (Å²) in [7, 11) is 0. The second kappa shape index (κ2) is 5.13. The summed E-state index contributed by atoms with van der Waals surface area (Å²) in [4.78, 5) is 16.1. The number of nitrogens with two attached hydrogens (primary N) is 1. The second-order valence-electron chi connectivity index (χ2n) is 5.33. The van der Waals surface area contributed by atoms with Gasteiger partial charge in [-0.15, -0.1) is 5.10 Å². The Bertz CT molecular complexity index is 611. The van der Waals surface area contributed by atoms with E-state index < -0.39 is 0 Å². The monoisotopic (exact) mass is 261 g/mol. The average Bonchev–Trinajstić information content (AvgIpc) is 2.77. The molecule has 6 nitrogen and oxygen atoms in total. The molecule has 1 saturated carbocycles. The van der Waals surface area contributed by atoms with Crippen LogP contribution in [0, 0.1) is 5.92 Å². The van der Waals surface area contributed by atoms with Gasteiger partial charge in [0.15, 0.2) is 5.65 Å². The molecule has 19 heavy (non-hydrogen) atoms. The van der Waals surface area contributed by atoms with Gasteiger partial charge in [0.1, 0.15) is 0 Å². The highest BCUT2D eigenvalue weighted by Crippen LogP contribution is 2.25. The standard InChI is InChI=1S/C13H19N5O/c14-11(10-4-2-1-3-5-10)9-18-13(19)17-7-6-15-8-12(17)16-18/h6-8,10-11H,1-5,9,14H2. The first kappa shape index (κ1) is 12.3. The molecule has 0 aliphatic heterocycles. The van der Waals surface area contributed by atoms with Gasteiger partial charge >= 0.3 is 5.69 Å². The number of hydrogen-bond donors (Lipinski definition) is 1. The summed E-state index contributed by atoms with van der Waals surface area (Å²) in [6.45, 7) is 0.491. The van der Waals surface area contributed by atoms with Crippen LogP contribution in [0.4, 0.5) is 0 Å². The Morgan fingerprint density at radius 2 is 2.16 bits per heavy atom. The van der Waals surface area contributed by atoms with Crippen molar-refractivity contribution in [2.24, 2.45) is 11.7 Å². The third-order valence-electron chi connectivity index (χ3n) is 4.03. The van der Waals surface area contributed by atoms with Crippen molar-refractivity contribution in [2.75, 3.05) is 0 Å². The summed E-state index contributed by atoms with van der Waals surface area (Å²) in [5.41, 5.74) is 6.68. The van der Waals surface area contributed by atoms with Gasteiger partial charge in [0, 0.05) is 18.4 Å². The molecule has 2 N–H and O–H groups in total. The molecule has 0 radical (unpaired) electrons. The molecule has 0 amide bonds. The summed E-state index contributed by atoms with van der Waals surface area (Å²) in [5.74, 6) is 0.517. The Hall–Kier alpha value is -1.69. The van der Waals surface area contributed by atoms with Crippen LogP contribution in [-0.2, 0) is 6.54 Å². The smallest absolute Gasteiger partial charge is 0.326 e. The lowest BCUT2D eigenvalue weighted by Crippen LogP contribution is -2.38. The van der Waals surface area contributed by atoms with Crippen molar-refractivity contribution in [1.82, 2.24) is 19.2 Å². The zero-order valence-electron chi connectivity index (χ0n) is 10.9. The van der Waals surface area contributed by atoms with Crippen LogP contribution >= 0.6 is 0 Å². The molecule has 1 unspecified atom stereocenters. The zero-order chi connectivity index (χ0) is 13.2. The van der Waals surface area contributed by atoms with Gasteiger partial charge < -0.3 is 5.73 Å². The van der Waals surface area contributed by atoms with E-state index in [4.69, 9.17) is 5.73 Å². The first-order chi connectivity index (χ1) is 9.25. The molecule has 0 aromatic carbocycles. The Kier molecular flexibility index (Phi) is 3.33. The molecule has 1 fully saturated rings. The van der Waals surface area contributed by atoms with E-state index in [-0.39, 0.29) is 11.7 Å². The SMILES string of the molecule is NC(Cn1nc2cnccn2c1=O)C1CCCCC1. The Morgan fingerprint density at radius 1 is 1.37 bits per heavy atom. The highest BCUT2D eigenvalue weighted by atomic mass is 16.2. The molecule has 2 aromatic rings. The van der Waals surface area contributed by atoms with Gasteiger partial charge in [-0.1, -0.05) is 19.3 Å². The normalized spacial score (nSPS) is 18.8. The van der Waals surface area contributed by atoms with Gasteiger partial charge in [0.05, 0.1) is 12.7 Å². The van der Waals surface area contributed by atoms with Crippen LogP contribution in [0.25, 0.3) is 5.65 Å². The number of fused-ring (bicyclic) bond motifs is 1. The number of nitrogens with zero attached hydrogens (tertiary/aromatic N) is 4. The predicted molar refractivity (Wildman–Crippen MR) is 71.8 cm³/mol. The lowest BCUT2D eigenvalue weighted by molar-refractivity contribution is 0.278. The van der Waals surface area contributed by atoms with Crippen LogP contribution in [0.5, 0.6) is 0 Å². The first-order valence-corrected chi connectivity index (χ1v) is 6.90. The highest BCUT2D eigenvalue weighted by Gasteiger charge is 2.22. The van der Waals surface area contributed by atoms with E-state index in [2.05, 4.69) is 10.1 Å². The topological polar surface area (TPSA) is 78.2 Å². The molecular weight excluding hydrogens is 242 g/mol. The van der Waals surface area contributed by atoms with Gasteiger partial charge in [-0.2, -0.15) is 0 Å². The molecule has 0 spiro atoms. The van der Waals surface area contributed by atoms with E-state index in [9.17, 15) is 4.79 Å². The van der Waals surface area contributed by atoms with Crippen molar-refractivity contribution in [1.29, 1.82) is 0 Å². The third kappa shape index (κ3) is 2.40. The van der Waals surface area contributed by atoms with E-state index in [1.165, 1.54) is 41.2 Å². The first-order valence-electron chi connectivity index (χ1n) is 6.90. The second-order valence-corrected chi connectivity index (χ2v) is 5.33. The van der Waals surface area contributed by atoms with Crippen molar-refractivity contribution in [2.45, 2.75) is 44.7 Å². The minimum absolute atomic E-state index is 0.0101. The molecule has 1 aliphatic carbocycles. The minimum Gasteiger partial charge on any atom is -0.326 e. The van der Waals surface area contributed by atoms with E-state index in [1.54, 1.807) is 18.6 Å². The summed E-state index contributed by atoms with van der Waals surface area (Å²) in [6.07, 6.45) is 11.0. The van der Waals surface area contributed by atoms with Crippen LogP contribution in [0.1, 0.15) is 32.1 Å². The average molecular weight is 261 g/mol. The lowest BCUT2D eigenvalue weighted by atomic mass is 9.84. The largest absolute Gasteiger partial charge is 0.350 e. The van der Waals surface area contributed by atoms with Crippen molar-refractivity contribution in [3.8, 4) is 0 Å². The highest BCUT2D eigenvalue weighted by molar-refractivity contribution is 5.31. The molecule has 3 rings (SSSR count). The quantitative estimate of drug-likeness (QED) is 0.886. The Labute approximate surface area is 111 Å². The molecular formula is C13H19N5O. The van der Waals surface area contributed by atoms with Crippen molar-refractivity contribution >= 4 is 5.65 Å². The number of aromatic nitrogens is 4. The van der Waals surface area contributed by atoms with Crippen LogP contribution in [0.3, 0.4) is 0 Å². The predicted octanol–water partition coefficient (Wildman–Crippen LogP) is 0.799. The van der Waals surface area contributed by atoms with E-state index >= 15 is 0 Å². The van der Waals surface area contributed by atoms with Crippen LogP contribution in [-0.4, -0.2) is 25.2 Å². The Morgan fingerprint density at radius 3 is 2.89 bits per heavy atom. The summed E-state index contributed by atoms with van der Waals surface area (Å²) < 4.78 is 2.97. The van der Waals surface area contributed by atoms with Gasteiger partial charge in [-0.25, -0.2) is 13.9 Å². The van der Waals surface area contributed by atoms with Crippen molar-refractivity contribution in [3.05, 3.63) is 29.1 Å². The third-order valence-corrected chi connectivity index (χ3v) is 4.03. The lowest BCUT2D eigenvalue weighted by Gasteiger charge is -2.26. The fourth-order valence-corrected chi connectivity index (χ4v) is 2.91. The number of hydrogen-bond acceptors (Lipinski definition) is 4.